The molecule has 0 aliphatic heterocycles. The van der Waals surface area contributed by atoms with Crippen molar-refractivity contribution >= 4 is 23.2 Å². The van der Waals surface area contributed by atoms with Crippen molar-refractivity contribution in [3.8, 4) is 0 Å². The van der Waals surface area contributed by atoms with Crippen molar-refractivity contribution in [1.29, 1.82) is 0 Å². The van der Waals surface area contributed by atoms with Gasteiger partial charge in [0.05, 0.1) is 21.7 Å². The van der Waals surface area contributed by atoms with Gasteiger partial charge < -0.3 is 10.5 Å². The summed E-state index contributed by atoms with van der Waals surface area (Å²) >= 11 is 12.0. The van der Waals surface area contributed by atoms with Gasteiger partial charge in [-0.25, -0.2) is 0 Å². The second kappa shape index (κ2) is 6.01. The van der Waals surface area contributed by atoms with Crippen LogP contribution < -0.4 is 5.73 Å². The summed E-state index contributed by atoms with van der Waals surface area (Å²) < 4.78 is 5.83. The van der Waals surface area contributed by atoms with Crippen LogP contribution in [0.1, 0.15) is 44.2 Å². The van der Waals surface area contributed by atoms with Gasteiger partial charge in [-0.2, -0.15) is 0 Å². The molecular weight excluding hydrogens is 281 g/mol. The fraction of sp³-hybridized carbons (Fsp3) is 0.600. The summed E-state index contributed by atoms with van der Waals surface area (Å²) in [5, 5.41) is 1.10. The van der Waals surface area contributed by atoms with E-state index < -0.39 is 0 Å². The molecular formula is C15H21Cl2NO. The van der Waals surface area contributed by atoms with Gasteiger partial charge in [-0.15, -0.1) is 0 Å². The SMILES string of the molecule is COC1(C(N)c2ccc(Cl)c(Cl)c2)CCCC(C)C1. The zero-order valence-electron chi connectivity index (χ0n) is 11.5. The highest BCUT2D eigenvalue weighted by Gasteiger charge is 2.41. The highest BCUT2D eigenvalue weighted by atomic mass is 35.5. The van der Waals surface area contributed by atoms with Gasteiger partial charge >= 0.3 is 0 Å². The molecule has 0 amide bonds. The van der Waals surface area contributed by atoms with Crippen LogP contribution in [0.3, 0.4) is 0 Å². The van der Waals surface area contributed by atoms with Crippen LogP contribution in [0, 0.1) is 5.92 Å². The van der Waals surface area contributed by atoms with Crippen molar-refractivity contribution in [1.82, 2.24) is 0 Å². The predicted octanol–water partition coefficient (Wildman–Crippen LogP) is 4.59. The molecule has 19 heavy (non-hydrogen) atoms. The zero-order valence-corrected chi connectivity index (χ0v) is 13.0. The molecule has 0 saturated heterocycles. The molecule has 3 unspecified atom stereocenters. The Labute approximate surface area is 125 Å². The molecule has 2 rings (SSSR count). The van der Waals surface area contributed by atoms with Crippen LogP contribution in [0.4, 0.5) is 0 Å². The number of hydrogen-bond donors (Lipinski definition) is 1. The predicted molar refractivity (Wildman–Crippen MR) is 80.8 cm³/mol. The van der Waals surface area contributed by atoms with Crippen LogP contribution in [0.5, 0.6) is 0 Å². The standard InChI is InChI=1S/C15H21Cl2NO/c1-10-4-3-7-15(9-10,19-2)14(18)11-5-6-12(16)13(17)8-11/h5-6,8,10,14H,3-4,7,9,18H2,1-2H3. The van der Waals surface area contributed by atoms with Crippen molar-refractivity contribution in [2.45, 2.75) is 44.2 Å². The fourth-order valence-corrected chi connectivity index (χ4v) is 3.45. The van der Waals surface area contributed by atoms with Crippen molar-refractivity contribution in [3.63, 3.8) is 0 Å². The summed E-state index contributed by atoms with van der Waals surface area (Å²) in [5.41, 5.74) is 7.18. The van der Waals surface area contributed by atoms with Gasteiger partial charge in [0.2, 0.25) is 0 Å². The van der Waals surface area contributed by atoms with E-state index in [1.807, 2.05) is 12.1 Å². The molecule has 1 aliphatic carbocycles. The second-order valence-corrected chi connectivity index (χ2v) is 6.44. The van der Waals surface area contributed by atoms with Gasteiger partial charge in [-0.05, 0) is 36.5 Å². The lowest BCUT2D eigenvalue weighted by atomic mass is 9.73. The molecule has 1 aromatic rings. The maximum absolute atomic E-state index is 6.47. The maximum atomic E-state index is 6.47. The smallest absolute Gasteiger partial charge is 0.0872 e. The minimum atomic E-state index is -0.283. The lowest BCUT2D eigenvalue weighted by Crippen LogP contribution is -2.46. The van der Waals surface area contributed by atoms with E-state index in [9.17, 15) is 0 Å². The highest BCUT2D eigenvalue weighted by molar-refractivity contribution is 6.42. The topological polar surface area (TPSA) is 35.2 Å². The summed E-state index contributed by atoms with van der Waals surface area (Å²) in [6, 6.07) is 5.43. The third kappa shape index (κ3) is 3.08. The van der Waals surface area contributed by atoms with Gasteiger partial charge in [0.15, 0.2) is 0 Å². The fourth-order valence-electron chi connectivity index (χ4n) is 3.15. The van der Waals surface area contributed by atoms with E-state index in [-0.39, 0.29) is 11.6 Å². The molecule has 4 heteroatoms. The first-order valence-corrected chi connectivity index (χ1v) is 7.50. The number of methoxy groups -OCH3 is 1. The molecule has 1 aromatic carbocycles. The summed E-state index contributed by atoms with van der Waals surface area (Å²) in [6.07, 6.45) is 4.39. The molecule has 1 fully saturated rings. The first-order valence-electron chi connectivity index (χ1n) is 6.74. The molecule has 3 atom stereocenters. The van der Waals surface area contributed by atoms with Crippen LogP contribution in [-0.2, 0) is 4.74 Å². The average Bonchev–Trinajstić information content (AvgIpc) is 2.41. The van der Waals surface area contributed by atoms with Crippen LogP contribution in [0.2, 0.25) is 10.0 Å². The zero-order chi connectivity index (χ0) is 14.0. The van der Waals surface area contributed by atoms with Crippen molar-refractivity contribution < 1.29 is 4.74 Å². The average molecular weight is 302 g/mol. The van der Waals surface area contributed by atoms with E-state index in [0.29, 0.717) is 16.0 Å². The number of ether oxygens (including phenoxy) is 1. The third-order valence-electron chi connectivity index (χ3n) is 4.27. The van der Waals surface area contributed by atoms with Crippen LogP contribution in [0.25, 0.3) is 0 Å². The summed E-state index contributed by atoms with van der Waals surface area (Å²) in [5.74, 6) is 0.641. The van der Waals surface area contributed by atoms with E-state index in [1.165, 1.54) is 6.42 Å². The first kappa shape index (κ1) is 15.1. The van der Waals surface area contributed by atoms with E-state index in [0.717, 1.165) is 24.8 Å². The largest absolute Gasteiger partial charge is 0.376 e. The number of halogens is 2. The maximum Gasteiger partial charge on any atom is 0.0872 e. The minimum absolute atomic E-state index is 0.171. The molecule has 106 valence electrons. The molecule has 0 bridgehead atoms. The Hall–Kier alpha value is -0.280. The molecule has 0 aromatic heterocycles. The monoisotopic (exact) mass is 301 g/mol. The number of benzene rings is 1. The molecule has 0 spiro atoms. The molecule has 0 radical (unpaired) electrons. The quantitative estimate of drug-likeness (QED) is 0.886. The Balaban J connectivity index is 2.29. The lowest BCUT2D eigenvalue weighted by molar-refractivity contribution is -0.0718. The van der Waals surface area contributed by atoms with E-state index in [2.05, 4.69) is 6.92 Å². The number of hydrogen-bond acceptors (Lipinski definition) is 2. The lowest BCUT2D eigenvalue weighted by Gasteiger charge is -2.43. The number of nitrogens with two attached hydrogens (primary N) is 1. The van der Waals surface area contributed by atoms with E-state index >= 15 is 0 Å². The van der Waals surface area contributed by atoms with Gasteiger partial charge in [-0.1, -0.05) is 49.0 Å². The molecule has 2 N–H and O–H groups in total. The van der Waals surface area contributed by atoms with Gasteiger partial charge in [0.25, 0.3) is 0 Å². The normalized spacial score (nSPS) is 29.2. The Morgan fingerprint density at radius 3 is 2.68 bits per heavy atom. The van der Waals surface area contributed by atoms with Crippen LogP contribution >= 0.6 is 23.2 Å². The van der Waals surface area contributed by atoms with Crippen molar-refractivity contribution in [3.05, 3.63) is 33.8 Å². The highest BCUT2D eigenvalue weighted by Crippen LogP contribution is 2.42. The first-order chi connectivity index (χ1) is 8.98. The summed E-state index contributed by atoms with van der Waals surface area (Å²) in [4.78, 5) is 0. The van der Waals surface area contributed by atoms with E-state index in [4.69, 9.17) is 33.7 Å². The second-order valence-electron chi connectivity index (χ2n) is 5.62. The van der Waals surface area contributed by atoms with E-state index in [1.54, 1.807) is 13.2 Å². The van der Waals surface area contributed by atoms with Gasteiger partial charge in [-0.3, -0.25) is 0 Å². The van der Waals surface area contributed by atoms with Crippen LogP contribution in [-0.4, -0.2) is 12.7 Å². The van der Waals surface area contributed by atoms with Crippen molar-refractivity contribution in [2.24, 2.45) is 11.7 Å². The van der Waals surface area contributed by atoms with Crippen molar-refractivity contribution in [2.75, 3.05) is 7.11 Å². The number of rotatable bonds is 3. The third-order valence-corrected chi connectivity index (χ3v) is 5.01. The molecule has 2 nitrogen and oxygen atoms in total. The Morgan fingerprint density at radius 1 is 1.37 bits per heavy atom. The van der Waals surface area contributed by atoms with Crippen LogP contribution in [0.15, 0.2) is 18.2 Å². The summed E-state index contributed by atoms with van der Waals surface area (Å²) in [7, 11) is 1.76. The van der Waals surface area contributed by atoms with Gasteiger partial charge in [0, 0.05) is 7.11 Å². The molecule has 1 aliphatic rings. The Bertz CT molecular complexity index is 452. The Morgan fingerprint density at radius 2 is 2.11 bits per heavy atom. The summed E-state index contributed by atoms with van der Waals surface area (Å²) in [6.45, 7) is 2.26. The molecule has 1 saturated carbocycles. The Kier molecular flexibility index (Phi) is 4.78. The molecule has 0 heterocycles. The minimum Gasteiger partial charge on any atom is -0.376 e. The van der Waals surface area contributed by atoms with Gasteiger partial charge in [0.1, 0.15) is 0 Å².